The first-order valence-electron chi connectivity index (χ1n) is 7.02. The van der Waals surface area contributed by atoms with Gasteiger partial charge in [-0.05, 0) is 25.6 Å². The molecule has 2 aromatic rings. The fourth-order valence-electron chi connectivity index (χ4n) is 2.08. The standard InChI is InChI=1S/C15H20N4O2/c1-3-7-16-14(20)11-18(2)10-12-9-15(21)19-8-5-4-6-13(19)17-12/h4-6,8-9H,3,7,10-11H2,1-2H3,(H,16,20). The Kier molecular flexibility index (Phi) is 5.05. The van der Waals surface area contributed by atoms with Gasteiger partial charge in [-0.15, -0.1) is 0 Å². The van der Waals surface area contributed by atoms with Crippen LogP contribution >= 0.6 is 0 Å². The molecular formula is C15H20N4O2. The normalized spacial score (nSPS) is 11.0. The fraction of sp³-hybridized carbons (Fsp3) is 0.400. The van der Waals surface area contributed by atoms with Gasteiger partial charge in [0.1, 0.15) is 5.65 Å². The third-order valence-corrected chi connectivity index (χ3v) is 3.04. The molecule has 0 aromatic carbocycles. The first-order valence-corrected chi connectivity index (χ1v) is 7.02. The number of amides is 1. The van der Waals surface area contributed by atoms with Gasteiger partial charge in [0.15, 0.2) is 0 Å². The summed E-state index contributed by atoms with van der Waals surface area (Å²) >= 11 is 0. The zero-order chi connectivity index (χ0) is 15.2. The number of rotatable bonds is 6. The van der Waals surface area contributed by atoms with Gasteiger partial charge in [0, 0.05) is 25.4 Å². The maximum absolute atomic E-state index is 12.0. The second kappa shape index (κ2) is 6.99. The highest BCUT2D eigenvalue weighted by molar-refractivity contribution is 5.77. The maximum Gasteiger partial charge on any atom is 0.258 e. The van der Waals surface area contributed by atoms with E-state index in [-0.39, 0.29) is 18.0 Å². The number of hydrogen-bond donors (Lipinski definition) is 1. The molecule has 0 saturated heterocycles. The van der Waals surface area contributed by atoms with Crippen molar-refractivity contribution in [3.05, 3.63) is 46.5 Å². The predicted molar refractivity (Wildman–Crippen MR) is 81.1 cm³/mol. The highest BCUT2D eigenvalue weighted by Gasteiger charge is 2.08. The number of nitrogens with one attached hydrogen (secondary N) is 1. The van der Waals surface area contributed by atoms with Gasteiger partial charge in [-0.25, -0.2) is 4.98 Å². The second-order valence-corrected chi connectivity index (χ2v) is 5.04. The van der Waals surface area contributed by atoms with Crippen LogP contribution in [0.2, 0.25) is 0 Å². The third-order valence-electron chi connectivity index (χ3n) is 3.04. The van der Waals surface area contributed by atoms with E-state index in [1.807, 2.05) is 24.9 Å². The Balaban J connectivity index is 2.06. The number of pyridine rings is 1. The van der Waals surface area contributed by atoms with Crippen molar-refractivity contribution >= 4 is 11.6 Å². The van der Waals surface area contributed by atoms with Crippen molar-refractivity contribution in [2.24, 2.45) is 0 Å². The minimum atomic E-state index is -0.112. The minimum Gasteiger partial charge on any atom is -0.355 e. The zero-order valence-corrected chi connectivity index (χ0v) is 12.4. The summed E-state index contributed by atoms with van der Waals surface area (Å²) in [5.41, 5.74) is 1.17. The molecule has 2 aromatic heterocycles. The Hall–Kier alpha value is -2.21. The van der Waals surface area contributed by atoms with Crippen molar-refractivity contribution < 1.29 is 4.79 Å². The molecule has 0 bridgehead atoms. The summed E-state index contributed by atoms with van der Waals surface area (Å²) < 4.78 is 1.50. The van der Waals surface area contributed by atoms with E-state index >= 15 is 0 Å². The molecule has 1 N–H and O–H groups in total. The van der Waals surface area contributed by atoms with Crippen molar-refractivity contribution in [1.29, 1.82) is 0 Å². The smallest absolute Gasteiger partial charge is 0.258 e. The molecule has 0 radical (unpaired) electrons. The van der Waals surface area contributed by atoms with Gasteiger partial charge in [-0.3, -0.25) is 18.9 Å². The van der Waals surface area contributed by atoms with Gasteiger partial charge in [-0.2, -0.15) is 0 Å². The molecule has 2 rings (SSSR count). The Labute approximate surface area is 123 Å². The maximum atomic E-state index is 12.0. The van der Waals surface area contributed by atoms with Crippen LogP contribution in [0.15, 0.2) is 35.3 Å². The lowest BCUT2D eigenvalue weighted by molar-refractivity contribution is -0.122. The van der Waals surface area contributed by atoms with E-state index in [2.05, 4.69) is 10.3 Å². The molecule has 0 fully saturated rings. The summed E-state index contributed by atoms with van der Waals surface area (Å²) in [5.74, 6) is -0.0168. The van der Waals surface area contributed by atoms with Gasteiger partial charge in [0.05, 0.1) is 12.2 Å². The van der Waals surface area contributed by atoms with Crippen molar-refractivity contribution in [2.45, 2.75) is 19.9 Å². The summed E-state index contributed by atoms with van der Waals surface area (Å²) in [6, 6.07) is 6.93. The number of likely N-dealkylation sites (N-methyl/N-ethyl adjacent to an activating group) is 1. The number of carbonyl (C=O) groups excluding carboxylic acids is 1. The van der Waals surface area contributed by atoms with E-state index < -0.39 is 0 Å². The molecule has 1 amide bonds. The second-order valence-electron chi connectivity index (χ2n) is 5.04. The zero-order valence-electron chi connectivity index (χ0n) is 12.4. The summed E-state index contributed by atoms with van der Waals surface area (Å²) in [6.45, 7) is 3.44. The van der Waals surface area contributed by atoms with Gasteiger partial charge in [0.2, 0.25) is 5.91 Å². The number of fused-ring (bicyclic) bond motifs is 1. The Morgan fingerprint density at radius 3 is 3.00 bits per heavy atom. The molecular weight excluding hydrogens is 268 g/mol. The number of aromatic nitrogens is 2. The average molecular weight is 288 g/mol. The van der Waals surface area contributed by atoms with E-state index in [0.29, 0.717) is 24.4 Å². The number of hydrogen-bond acceptors (Lipinski definition) is 4. The molecule has 6 nitrogen and oxygen atoms in total. The van der Waals surface area contributed by atoms with Crippen molar-refractivity contribution in [1.82, 2.24) is 19.6 Å². The predicted octanol–water partition coefficient (Wildman–Crippen LogP) is 0.652. The molecule has 0 atom stereocenters. The molecule has 6 heteroatoms. The highest BCUT2D eigenvalue weighted by Crippen LogP contribution is 2.01. The van der Waals surface area contributed by atoms with Crippen LogP contribution in [0, 0.1) is 0 Å². The van der Waals surface area contributed by atoms with E-state index in [1.54, 1.807) is 18.3 Å². The molecule has 0 unspecified atom stereocenters. The van der Waals surface area contributed by atoms with Crippen LogP contribution in [0.4, 0.5) is 0 Å². The lowest BCUT2D eigenvalue weighted by Gasteiger charge is -2.15. The molecule has 2 heterocycles. The van der Waals surface area contributed by atoms with Crippen LogP contribution < -0.4 is 10.9 Å². The van der Waals surface area contributed by atoms with Crippen LogP contribution in [0.5, 0.6) is 0 Å². The van der Waals surface area contributed by atoms with Gasteiger partial charge in [0.25, 0.3) is 5.56 Å². The largest absolute Gasteiger partial charge is 0.355 e. The van der Waals surface area contributed by atoms with E-state index in [4.69, 9.17) is 0 Å². The van der Waals surface area contributed by atoms with Gasteiger partial charge in [-0.1, -0.05) is 13.0 Å². The summed E-state index contributed by atoms with van der Waals surface area (Å²) in [7, 11) is 1.83. The third kappa shape index (κ3) is 4.13. The Morgan fingerprint density at radius 1 is 1.43 bits per heavy atom. The van der Waals surface area contributed by atoms with Gasteiger partial charge < -0.3 is 5.32 Å². The van der Waals surface area contributed by atoms with Crippen molar-refractivity contribution in [3.8, 4) is 0 Å². The van der Waals surface area contributed by atoms with Crippen LogP contribution in [0.1, 0.15) is 19.0 Å². The Bertz CT molecular complexity index is 681. The van der Waals surface area contributed by atoms with E-state index in [9.17, 15) is 9.59 Å². The summed E-state index contributed by atoms with van der Waals surface area (Å²) in [6.07, 6.45) is 2.61. The van der Waals surface area contributed by atoms with E-state index in [0.717, 1.165) is 6.42 Å². The Morgan fingerprint density at radius 2 is 2.24 bits per heavy atom. The van der Waals surface area contributed by atoms with Crippen molar-refractivity contribution in [2.75, 3.05) is 20.1 Å². The minimum absolute atomic E-state index is 0.0168. The van der Waals surface area contributed by atoms with E-state index in [1.165, 1.54) is 10.5 Å². The molecule has 21 heavy (non-hydrogen) atoms. The lowest BCUT2D eigenvalue weighted by atomic mass is 10.3. The quantitative estimate of drug-likeness (QED) is 0.847. The van der Waals surface area contributed by atoms with Crippen molar-refractivity contribution in [3.63, 3.8) is 0 Å². The first-order chi connectivity index (χ1) is 10.1. The molecule has 0 aliphatic heterocycles. The first kappa shape index (κ1) is 15.2. The van der Waals surface area contributed by atoms with Crippen LogP contribution in [-0.4, -0.2) is 40.3 Å². The topological polar surface area (TPSA) is 66.7 Å². The highest BCUT2D eigenvalue weighted by atomic mass is 16.2. The summed E-state index contributed by atoms with van der Waals surface area (Å²) in [4.78, 5) is 29.9. The monoisotopic (exact) mass is 288 g/mol. The average Bonchev–Trinajstić information content (AvgIpc) is 2.45. The SMILES string of the molecule is CCCNC(=O)CN(C)Cc1cc(=O)n2ccccc2n1. The number of carbonyl (C=O) groups is 1. The van der Waals surface area contributed by atoms with Crippen LogP contribution in [0.25, 0.3) is 5.65 Å². The molecule has 0 saturated carbocycles. The molecule has 112 valence electrons. The molecule has 0 spiro atoms. The van der Waals surface area contributed by atoms with Crippen LogP contribution in [0.3, 0.4) is 0 Å². The number of nitrogens with zero attached hydrogens (tertiary/aromatic N) is 3. The van der Waals surface area contributed by atoms with Gasteiger partial charge >= 0.3 is 0 Å². The molecule has 0 aliphatic rings. The molecule has 0 aliphatic carbocycles. The van der Waals surface area contributed by atoms with Crippen LogP contribution in [-0.2, 0) is 11.3 Å². The lowest BCUT2D eigenvalue weighted by Crippen LogP contribution is -2.35. The fourth-order valence-corrected chi connectivity index (χ4v) is 2.08. The summed E-state index contributed by atoms with van der Waals surface area (Å²) in [5, 5.41) is 2.82.